The Morgan fingerprint density at radius 1 is 1.16 bits per heavy atom. The Morgan fingerprint density at radius 2 is 1.79 bits per heavy atom. The van der Waals surface area contributed by atoms with Crippen molar-refractivity contribution >= 4 is 31.8 Å². The molecular formula is C14H25NO2SSn. The van der Waals surface area contributed by atoms with E-state index >= 15 is 0 Å². The van der Waals surface area contributed by atoms with Crippen LogP contribution in [0.5, 0.6) is 0 Å². The molecule has 0 atom stereocenters. The normalized spacial score (nSPS) is 12.9. The van der Waals surface area contributed by atoms with E-state index in [0.717, 1.165) is 6.54 Å². The molecule has 1 rings (SSSR count). The Hall–Kier alpha value is -0.0713. The summed E-state index contributed by atoms with van der Waals surface area (Å²) in [4.78, 5) is 9.40. The van der Waals surface area contributed by atoms with Crippen LogP contribution in [0.2, 0.25) is 14.8 Å². The van der Waals surface area contributed by atoms with E-state index in [2.05, 4.69) is 20.9 Å². The Kier molecular flexibility index (Phi) is 5.89. The fraction of sp³-hybridized carbons (Fsp3) is 0.571. The molecule has 0 unspecified atom stereocenters. The standard InChI is InChI=1S/C11H16NO2S.3CH3.Sn/c1-12(2)9-6-10-15(13,14)11-7-4-3-5-8-11;;;;/h3-4,7-8H,6,9-10H2,1-2H3;3*1H3;. The summed E-state index contributed by atoms with van der Waals surface area (Å²) in [6, 6.07) is 7.60. The number of sulfone groups is 1. The third-order valence-electron chi connectivity index (χ3n) is 3.08. The molecule has 0 saturated heterocycles. The summed E-state index contributed by atoms with van der Waals surface area (Å²) in [5.74, 6) is 0.230. The van der Waals surface area contributed by atoms with Crippen molar-refractivity contribution in [1.29, 1.82) is 0 Å². The Labute approximate surface area is 121 Å². The van der Waals surface area contributed by atoms with E-state index in [1.807, 2.05) is 31.1 Å². The number of benzene rings is 1. The number of rotatable bonds is 6. The van der Waals surface area contributed by atoms with Crippen molar-refractivity contribution in [3.8, 4) is 0 Å². The minimum atomic E-state index is -3.13. The van der Waals surface area contributed by atoms with Gasteiger partial charge in [-0.1, -0.05) is 0 Å². The molecule has 0 spiro atoms. The zero-order valence-corrected chi connectivity index (χ0v) is 16.3. The summed E-state index contributed by atoms with van der Waals surface area (Å²) in [7, 11) is 0.787. The van der Waals surface area contributed by atoms with Gasteiger partial charge in [0.15, 0.2) is 0 Å². The predicted octanol–water partition coefficient (Wildman–Crippen LogP) is 1.96. The molecule has 0 N–H and O–H groups in total. The second kappa shape index (κ2) is 6.59. The average Bonchev–Trinajstić information content (AvgIpc) is 2.27. The fourth-order valence-corrected chi connectivity index (χ4v) is 6.86. The van der Waals surface area contributed by atoms with Crippen LogP contribution in [0.25, 0.3) is 0 Å². The van der Waals surface area contributed by atoms with Crippen molar-refractivity contribution in [2.45, 2.75) is 26.1 Å². The molecular weight excluding hydrogens is 365 g/mol. The first kappa shape index (κ1) is 17.0. The van der Waals surface area contributed by atoms with Crippen LogP contribution in [0, 0.1) is 0 Å². The van der Waals surface area contributed by atoms with Crippen LogP contribution in [0.3, 0.4) is 0 Å². The summed E-state index contributed by atoms with van der Waals surface area (Å²) in [5, 5.41) is 0. The van der Waals surface area contributed by atoms with Gasteiger partial charge in [0.2, 0.25) is 0 Å². The molecule has 108 valence electrons. The number of hydrogen-bond acceptors (Lipinski definition) is 3. The quantitative estimate of drug-likeness (QED) is 0.698. The molecule has 5 heteroatoms. The third kappa shape index (κ3) is 5.44. The SMILES string of the molecule is CN(C)CCCS(=O)(=O)c1ccc[c]([Sn]([CH3])([CH3])[CH3])c1. The molecule has 0 fully saturated rings. The zero-order chi connectivity index (χ0) is 14.7. The van der Waals surface area contributed by atoms with Crippen LogP contribution in [0.1, 0.15) is 6.42 Å². The number of hydrogen-bond donors (Lipinski definition) is 0. The molecule has 0 radical (unpaired) electrons. The van der Waals surface area contributed by atoms with Gasteiger partial charge in [-0.2, -0.15) is 0 Å². The van der Waals surface area contributed by atoms with Crippen LogP contribution >= 0.6 is 0 Å². The molecule has 0 heterocycles. The van der Waals surface area contributed by atoms with E-state index in [1.165, 1.54) is 3.58 Å². The van der Waals surface area contributed by atoms with Gasteiger partial charge in [0.25, 0.3) is 0 Å². The maximum atomic E-state index is 12.3. The number of nitrogens with zero attached hydrogens (tertiary/aromatic N) is 1. The maximum absolute atomic E-state index is 12.3. The van der Waals surface area contributed by atoms with Gasteiger partial charge < -0.3 is 0 Å². The second-order valence-corrected chi connectivity index (χ2v) is 22.9. The minimum absolute atomic E-state index is 0.230. The molecule has 0 aliphatic rings. The van der Waals surface area contributed by atoms with Crippen molar-refractivity contribution in [3.05, 3.63) is 24.3 Å². The zero-order valence-electron chi connectivity index (χ0n) is 12.6. The van der Waals surface area contributed by atoms with Gasteiger partial charge in [-0.3, -0.25) is 0 Å². The third-order valence-corrected chi connectivity index (χ3v) is 10.7. The summed E-state index contributed by atoms with van der Waals surface area (Å²) in [6.45, 7) is 0.803. The van der Waals surface area contributed by atoms with Gasteiger partial charge in [-0.25, -0.2) is 0 Å². The molecule has 0 bridgehead atoms. The molecule has 0 aromatic heterocycles. The van der Waals surface area contributed by atoms with Crippen LogP contribution in [0.15, 0.2) is 29.2 Å². The van der Waals surface area contributed by atoms with Crippen molar-refractivity contribution in [2.24, 2.45) is 0 Å². The average molecular weight is 390 g/mol. The van der Waals surface area contributed by atoms with Gasteiger partial charge in [0, 0.05) is 0 Å². The molecule has 1 aromatic rings. The van der Waals surface area contributed by atoms with E-state index < -0.39 is 28.2 Å². The predicted molar refractivity (Wildman–Crippen MR) is 84.6 cm³/mol. The van der Waals surface area contributed by atoms with Crippen LogP contribution in [-0.4, -0.2) is 58.1 Å². The molecule has 0 saturated carbocycles. The summed E-state index contributed by atoms with van der Waals surface area (Å²) >= 11 is -2.20. The first-order valence-electron chi connectivity index (χ1n) is 6.61. The first-order valence-corrected chi connectivity index (χ1v) is 18.2. The van der Waals surface area contributed by atoms with E-state index in [-0.39, 0.29) is 5.75 Å². The van der Waals surface area contributed by atoms with Gasteiger partial charge in [-0.05, 0) is 0 Å². The Morgan fingerprint density at radius 3 is 2.32 bits per heavy atom. The van der Waals surface area contributed by atoms with Gasteiger partial charge in [0.1, 0.15) is 0 Å². The summed E-state index contributed by atoms with van der Waals surface area (Å²) < 4.78 is 25.9. The van der Waals surface area contributed by atoms with E-state index in [4.69, 9.17) is 0 Å². The summed E-state index contributed by atoms with van der Waals surface area (Å²) in [5.41, 5.74) is 0. The fourth-order valence-electron chi connectivity index (χ4n) is 1.84. The van der Waals surface area contributed by atoms with Crippen LogP contribution < -0.4 is 3.58 Å². The monoisotopic (exact) mass is 391 g/mol. The Bertz CT molecular complexity index is 518. The Balaban J connectivity index is 2.90. The van der Waals surface area contributed by atoms with Crippen LogP contribution in [0.4, 0.5) is 0 Å². The summed E-state index contributed by atoms with van der Waals surface area (Å²) in [6.07, 6.45) is 0.679. The van der Waals surface area contributed by atoms with Crippen molar-refractivity contribution in [1.82, 2.24) is 4.90 Å². The van der Waals surface area contributed by atoms with Gasteiger partial charge >= 0.3 is 122 Å². The van der Waals surface area contributed by atoms with Gasteiger partial charge in [0.05, 0.1) is 0 Å². The van der Waals surface area contributed by atoms with Gasteiger partial charge in [-0.15, -0.1) is 0 Å². The van der Waals surface area contributed by atoms with Crippen molar-refractivity contribution in [2.75, 3.05) is 26.4 Å². The molecule has 0 amide bonds. The van der Waals surface area contributed by atoms with E-state index in [0.29, 0.717) is 11.3 Å². The second-order valence-electron chi connectivity index (χ2n) is 6.25. The molecule has 19 heavy (non-hydrogen) atoms. The molecule has 3 nitrogen and oxygen atoms in total. The molecule has 1 aromatic carbocycles. The van der Waals surface area contributed by atoms with E-state index in [9.17, 15) is 8.42 Å². The van der Waals surface area contributed by atoms with Crippen LogP contribution in [-0.2, 0) is 9.84 Å². The molecule has 0 aliphatic carbocycles. The first-order chi connectivity index (χ1) is 8.63. The van der Waals surface area contributed by atoms with E-state index in [1.54, 1.807) is 6.07 Å². The molecule has 0 aliphatic heterocycles. The van der Waals surface area contributed by atoms with Crippen molar-refractivity contribution < 1.29 is 8.42 Å². The van der Waals surface area contributed by atoms with Crippen molar-refractivity contribution in [3.63, 3.8) is 0 Å². The topological polar surface area (TPSA) is 37.4 Å².